The van der Waals surface area contributed by atoms with Crippen LogP contribution in [0.2, 0.25) is 0 Å². The smallest absolute Gasteiger partial charge is 0.382 e. The zero-order valence-electron chi connectivity index (χ0n) is 28.6. The molecule has 12 nitrogen and oxygen atoms in total. The van der Waals surface area contributed by atoms with Crippen LogP contribution in [-0.2, 0) is 18.6 Å². The molecule has 3 heterocycles. The molecule has 14 heteroatoms. The van der Waals surface area contributed by atoms with Gasteiger partial charge in [0.25, 0.3) is 0 Å². The van der Waals surface area contributed by atoms with E-state index in [1.165, 1.54) is 87.9 Å². The van der Waals surface area contributed by atoms with E-state index in [0.29, 0.717) is 25.7 Å². The van der Waals surface area contributed by atoms with Gasteiger partial charge in [-0.25, -0.2) is 9.55 Å². The monoisotopic (exact) mass is 684 g/mol. The molecule has 1 fully saturated rings. The van der Waals surface area contributed by atoms with Gasteiger partial charge in [0.15, 0.2) is 17.0 Å². The molecule has 1 amide bonds. The second-order valence-electron chi connectivity index (χ2n) is 13.1. The van der Waals surface area contributed by atoms with Crippen LogP contribution in [0.25, 0.3) is 11.2 Å². The van der Waals surface area contributed by atoms with Crippen LogP contribution in [0.3, 0.4) is 0 Å². The van der Waals surface area contributed by atoms with Crippen LogP contribution in [0.1, 0.15) is 149 Å². The van der Waals surface area contributed by atoms with Crippen LogP contribution < -0.4 is 11.1 Å². The molecule has 1 aliphatic heterocycles. The Kier molecular flexibility index (Phi) is 17.0. The van der Waals surface area contributed by atoms with Crippen LogP contribution in [0.15, 0.2) is 6.33 Å². The summed E-state index contributed by atoms with van der Waals surface area (Å²) < 4.78 is 39.1. The number of anilines is 1. The minimum atomic E-state index is -4.94. The summed E-state index contributed by atoms with van der Waals surface area (Å²) in [6.07, 6.45) is 18.2. The maximum absolute atomic E-state index is 13.9. The zero-order chi connectivity index (χ0) is 34.2. The first-order valence-corrected chi connectivity index (χ1v) is 19.4. The number of amides is 1. The average Bonchev–Trinajstić information content (AvgIpc) is 3.67. The number of ether oxygens (including phenoxy) is 1. The van der Waals surface area contributed by atoms with E-state index in [0.717, 1.165) is 19.3 Å². The molecule has 0 radical (unpaired) electrons. The molecule has 3 unspecified atom stereocenters. The second kappa shape index (κ2) is 20.4. The molecular formula is C33H58FN6O6P. The summed E-state index contributed by atoms with van der Waals surface area (Å²) in [5.41, 5.74) is 6.18. The van der Waals surface area contributed by atoms with Crippen LogP contribution >= 0.6 is 7.82 Å². The van der Waals surface area contributed by atoms with Crippen molar-refractivity contribution in [2.75, 3.05) is 5.73 Å². The third kappa shape index (κ3) is 13.3. The fraction of sp³-hybridized carbons (Fsp3) is 0.818. The van der Waals surface area contributed by atoms with Gasteiger partial charge < -0.3 is 25.6 Å². The minimum absolute atomic E-state index is 0.0999. The Hall–Kier alpha value is -2.18. The first kappa shape index (κ1) is 39.3. The Morgan fingerprint density at radius 3 is 2.15 bits per heavy atom. The van der Waals surface area contributed by atoms with Gasteiger partial charge in [-0.2, -0.15) is 14.4 Å². The van der Waals surface area contributed by atoms with Crippen LogP contribution in [0.5, 0.6) is 0 Å². The third-order valence-corrected chi connectivity index (χ3v) is 9.85. The summed E-state index contributed by atoms with van der Waals surface area (Å²) in [6, 6.07) is -0.699. The number of carbonyl (C=O) groups is 1. The van der Waals surface area contributed by atoms with Gasteiger partial charge in [0.1, 0.15) is 12.3 Å². The molecule has 0 saturated carbocycles. The summed E-state index contributed by atoms with van der Waals surface area (Å²) in [7, 11) is -4.94. The number of rotatable bonds is 24. The SMILES string of the molecule is CCCCCCCCCCCCCCCCCC(=O)NC(C(C)CC)C(OP(=O)(O)O)[C@@H]1CC[C@H](n2cnc3c(N)nc(F)nc32)O1. The molecule has 0 aromatic carbocycles. The number of aromatic nitrogens is 4. The maximum atomic E-state index is 13.9. The number of phosphoric ester groups is 1. The number of nitrogens with two attached hydrogens (primary N) is 1. The third-order valence-electron chi connectivity index (χ3n) is 9.33. The average molecular weight is 685 g/mol. The number of unbranched alkanes of at least 4 members (excludes halogenated alkanes) is 14. The molecule has 0 aliphatic carbocycles. The Morgan fingerprint density at radius 1 is 1.02 bits per heavy atom. The summed E-state index contributed by atoms with van der Waals surface area (Å²) in [6.45, 7) is 6.11. The van der Waals surface area contributed by atoms with Gasteiger partial charge in [-0.1, -0.05) is 117 Å². The van der Waals surface area contributed by atoms with Gasteiger partial charge in [0, 0.05) is 6.42 Å². The number of nitrogens with zero attached hydrogens (tertiary/aromatic N) is 4. The Morgan fingerprint density at radius 2 is 1.60 bits per heavy atom. The fourth-order valence-electron chi connectivity index (χ4n) is 6.45. The van der Waals surface area contributed by atoms with Gasteiger partial charge in [-0.15, -0.1) is 0 Å². The number of nitrogens with one attached hydrogen (secondary N) is 1. The summed E-state index contributed by atoms with van der Waals surface area (Å²) in [4.78, 5) is 44.2. The Labute approximate surface area is 279 Å². The maximum Gasteiger partial charge on any atom is 0.470 e. The van der Waals surface area contributed by atoms with Gasteiger partial charge in [0.05, 0.1) is 18.5 Å². The molecule has 1 aliphatic rings. The molecule has 268 valence electrons. The predicted octanol–water partition coefficient (Wildman–Crippen LogP) is 7.50. The first-order valence-electron chi connectivity index (χ1n) is 17.9. The van der Waals surface area contributed by atoms with E-state index in [9.17, 15) is 23.5 Å². The van der Waals surface area contributed by atoms with Crippen molar-refractivity contribution >= 4 is 30.7 Å². The second-order valence-corrected chi connectivity index (χ2v) is 14.3. The number of phosphoric acid groups is 1. The quantitative estimate of drug-likeness (QED) is 0.0492. The normalized spacial score (nSPS) is 18.9. The van der Waals surface area contributed by atoms with Gasteiger partial charge in [-0.3, -0.25) is 13.9 Å². The largest absolute Gasteiger partial charge is 0.470 e. The van der Waals surface area contributed by atoms with Crippen LogP contribution in [0.4, 0.5) is 10.2 Å². The highest BCUT2D eigenvalue weighted by Crippen LogP contribution is 2.44. The number of hydrogen-bond acceptors (Lipinski definition) is 8. The molecule has 1 saturated heterocycles. The number of nitrogen functional groups attached to an aromatic ring is 1. The summed E-state index contributed by atoms with van der Waals surface area (Å²) in [5, 5.41) is 3.02. The lowest BCUT2D eigenvalue weighted by Crippen LogP contribution is -2.52. The van der Waals surface area contributed by atoms with E-state index < -0.39 is 38.4 Å². The number of hydrogen-bond donors (Lipinski definition) is 4. The van der Waals surface area contributed by atoms with Crippen molar-refractivity contribution < 1.29 is 32.8 Å². The molecule has 0 spiro atoms. The van der Waals surface area contributed by atoms with Gasteiger partial charge in [-0.05, 0) is 25.2 Å². The van der Waals surface area contributed by atoms with E-state index in [1.54, 1.807) is 0 Å². The van der Waals surface area contributed by atoms with E-state index >= 15 is 0 Å². The highest BCUT2D eigenvalue weighted by molar-refractivity contribution is 7.46. The molecule has 47 heavy (non-hydrogen) atoms. The topological polar surface area (TPSA) is 175 Å². The van der Waals surface area contributed by atoms with Crippen LogP contribution in [-0.4, -0.2) is 53.5 Å². The molecule has 2 aromatic rings. The van der Waals surface area contributed by atoms with Crippen LogP contribution in [0, 0.1) is 12.0 Å². The molecule has 2 aromatic heterocycles. The van der Waals surface area contributed by atoms with Crippen molar-refractivity contribution in [2.45, 2.75) is 167 Å². The van der Waals surface area contributed by atoms with E-state index in [4.69, 9.17) is 15.0 Å². The summed E-state index contributed by atoms with van der Waals surface area (Å²) >= 11 is 0. The number of carbonyl (C=O) groups excluding carboxylic acids is 1. The lowest BCUT2D eigenvalue weighted by atomic mass is 9.90. The zero-order valence-corrected chi connectivity index (χ0v) is 29.5. The lowest BCUT2D eigenvalue weighted by molar-refractivity contribution is -0.125. The van der Waals surface area contributed by atoms with Crippen molar-refractivity contribution in [1.29, 1.82) is 0 Å². The molecule has 5 atom stereocenters. The lowest BCUT2D eigenvalue weighted by Gasteiger charge is -2.35. The molecule has 3 rings (SSSR count). The Bertz CT molecular complexity index is 1260. The van der Waals surface area contributed by atoms with Gasteiger partial charge in [0.2, 0.25) is 5.91 Å². The van der Waals surface area contributed by atoms with Crippen molar-refractivity contribution in [3.63, 3.8) is 0 Å². The van der Waals surface area contributed by atoms with E-state index in [1.807, 2.05) is 13.8 Å². The summed E-state index contributed by atoms with van der Waals surface area (Å²) in [5.74, 6) is -0.436. The first-order chi connectivity index (χ1) is 22.5. The number of fused-ring (bicyclic) bond motifs is 1. The van der Waals surface area contributed by atoms with Crippen molar-refractivity contribution in [2.24, 2.45) is 5.92 Å². The molecule has 5 N–H and O–H groups in total. The number of halogens is 1. The Balaban J connectivity index is 1.46. The van der Waals surface area contributed by atoms with Crippen molar-refractivity contribution in [3.8, 4) is 0 Å². The standard InChI is InChI=1S/C33H58FN6O6P/c1-4-6-7-8-9-10-11-12-13-14-15-16-17-18-19-20-26(41)37-28(24(3)5-2)30(46-47(42,43)44)25-21-22-27(45-25)40-23-36-29-31(35)38-33(34)39-32(29)40/h23-25,27-28,30H,4-22H2,1-3H3,(H,37,41)(H2,35,38,39)(H2,42,43,44)/t24?,25-,27+,28?,30?/m0/s1. The fourth-order valence-corrected chi connectivity index (χ4v) is 7.04. The van der Waals surface area contributed by atoms with Gasteiger partial charge >= 0.3 is 13.9 Å². The molecular weight excluding hydrogens is 626 g/mol. The highest BCUT2D eigenvalue weighted by Gasteiger charge is 2.43. The predicted molar refractivity (Wildman–Crippen MR) is 181 cm³/mol. The molecule has 0 bridgehead atoms. The van der Waals surface area contributed by atoms with E-state index in [-0.39, 0.29) is 28.8 Å². The number of imidazole rings is 1. The van der Waals surface area contributed by atoms with Crippen molar-refractivity contribution in [1.82, 2.24) is 24.8 Å². The van der Waals surface area contributed by atoms with E-state index in [2.05, 4.69) is 27.2 Å². The van der Waals surface area contributed by atoms with Crippen molar-refractivity contribution in [3.05, 3.63) is 12.4 Å². The minimum Gasteiger partial charge on any atom is -0.382 e. The highest BCUT2D eigenvalue weighted by atomic mass is 31.2.